The highest BCUT2D eigenvalue weighted by Gasteiger charge is 2.10. The lowest BCUT2D eigenvalue weighted by Crippen LogP contribution is -2.06. The van der Waals surface area contributed by atoms with Gasteiger partial charge in [-0.3, -0.25) is 0 Å². The molecule has 1 N–H and O–H groups in total. The van der Waals surface area contributed by atoms with Crippen LogP contribution in [0.15, 0.2) is 35.7 Å². The van der Waals surface area contributed by atoms with Crippen LogP contribution in [0, 0.1) is 13.8 Å². The summed E-state index contributed by atoms with van der Waals surface area (Å²) in [7, 11) is 0. The van der Waals surface area contributed by atoms with Crippen molar-refractivity contribution in [2.24, 2.45) is 5.10 Å². The summed E-state index contributed by atoms with van der Waals surface area (Å²) in [5.41, 5.74) is 2.62. The van der Waals surface area contributed by atoms with Crippen molar-refractivity contribution in [2.45, 2.75) is 20.8 Å². The van der Waals surface area contributed by atoms with Gasteiger partial charge < -0.3 is 9.84 Å². The van der Waals surface area contributed by atoms with Gasteiger partial charge in [-0.25, -0.2) is 4.68 Å². The topological polar surface area (TPSA) is 90.4 Å². The highest BCUT2D eigenvalue weighted by molar-refractivity contribution is 5.80. The van der Waals surface area contributed by atoms with E-state index in [0.717, 1.165) is 17.0 Å². The molecule has 0 aliphatic heterocycles. The molecule has 0 radical (unpaired) electrons. The van der Waals surface area contributed by atoms with Crippen LogP contribution in [0.25, 0.3) is 5.95 Å². The van der Waals surface area contributed by atoms with Crippen LogP contribution >= 0.6 is 0 Å². The number of aromatic hydroxyl groups is 1. The minimum atomic E-state index is 0.0987. The molecule has 8 heteroatoms. The lowest BCUT2D eigenvalue weighted by atomic mass is 10.2. The summed E-state index contributed by atoms with van der Waals surface area (Å²) in [5, 5.41) is 26.5. The van der Waals surface area contributed by atoms with Crippen molar-refractivity contribution in [1.29, 1.82) is 0 Å². The van der Waals surface area contributed by atoms with Gasteiger partial charge in [0.2, 0.25) is 0 Å². The van der Waals surface area contributed by atoms with E-state index in [1.54, 1.807) is 29.1 Å². The molecule has 0 aliphatic carbocycles. The molecule has 0 fully saturated rings. The van der Waals surface area contributed by atoms with E-state index >= 15 is 0 Å². The number of aromatic nitrogens is 5. The second-order valence-corrected chi connectivity index (χ2v) is 5.22. The molecule has 0 bridgehead atoms. The minimum absolute atomic E-state index is 0.0987. The van der Waals surface area contributed by atoms with Gasteiger partial charge in [-0.2, -0.15) is 14.9 Å². The Morgan fingerprint density at radius 2 is 2.12 bits per heavy atom. The molecule has 124 valence electrons. The maximum Gasteiger partial charge on any atom is 0.273 e. The number of phenolic OH excluding ortho intramolecular Hbond substituents is 1. The molecule has 1 aromatic carbocycles. The van der Waals surface area contributed by atoms with E-state index in [0.29, 0.717) is 18.3 Å². The van der Waals surface area contributed by atoms with Crippen LogP contribution in [0.5, 0.6) is 11.5 Å². The van der Waals surface area contributed by atoms with Gasteiger partial charge in [-0.15, -0.1) is 10.2 Å². The predicted octanol–water partition coefficient (Wildman–Crippen LogP) is 2.07. The largest absolute Gasteiger partial charge is 0.504 e. The quantitative estimate of drug-likeness (QED) is 0.725. The summed E-state index contributed by atoms with van der Waals surface area (Å²) in [6, 6.07) is 6.99. The Morgan fingerprint density at radius 3 is 2.83 bits per heavy atom. The third-order valence-electron chi connectivity index (χ3n) is 3.33. The van der Waals surface area contributed by atoms with Crippen LogP contribution in [0.2, 0.25) is 0 Å². The van der Waals surface area contributed by atoms with Gasteiger partial charge in [-0.1, -0.05) is 0 Å². The summed E-state index contributed by atoms with van der Waals surface area (Å²) in [6.45, 7) is 6.19. The number of benzene rings is 1. The Hall–Kier alpha value is -3.16. The van der Waals surface area contributed by atoms with Crippen molar-refractivity contribution in [1.82, 2.24) is 24.7 Å². The number of hydrogen-bond donors (Lipinski definition) is 1. The predicted molar refractivity (Wildman–Crippen MR) is 88.9 cm³/mol. The van der Waals surface area contributed by atoms with E-state index in [1.165, 1.54) is 11.0 Å². The fraction of sp³-hybridized carbons (Fsp3) is 0.250. The molecular formula is C16H18N6O2. The van der Waals surface area contributed by atoms with Crippen LogP contribution in [0.1, 0.15) is 23.9 Å². The first kappa shape index (κ1) is 15.7. The zero-order valence-electron chi connectivity index (χ0n) is 13.7. The van der Waals surface area contributed by atoms with Gasteiger partial charge in [0.15, 0.2) is 11.5 Å². The second-order valence-electron chi connectivity index (χ2n) is 5.22. The van der Waals surface area contributed by atoms with Crippen molar-refractivity contribution < 1.29 is 9.84 Å². The fourth-order valence-electron chi connectivity index (χ4n) is 2.29. The van der Waals surface area contributed by atoms with Crippen LogP contribution in [-0.2, 0) is 0 Å². The molecule has 0 aliphatic rings. The van der Waals surface area contributed by atoms with Crippen molar-refractivity contribution in [3.63, 3.8) is 0 Å². The van der Waals surface area contributed by atoms with Gasteiger partial charge in [0.1, 0.15) is 6.33 Å². The monoisotopic (exact) mass is 326 g/mol. The van der Waals surface area contributed by atoms with E-state index in [-0.39, 0.29) is 5.75 Å². The number of nitrogens with zero attached hydrogens (tertiary/aromatic N) is 6. The standard InChI is InChI=1S/C16H18N6O2/c1-4-24-15-8-13(5-6-14(15)23)9-18-21-10-17-19-16(21)22-12(3)7-11(2)20-22/h5-10,23H,4H2,1-3H3. The van der Waals surface area contributed by atoms with Crippen LogP contribution in [-0.4, -0.2) is 42.6 Å². The third-order valence-corrected chi connectivity index (χ3v) is 3.33. The van der Waals surface area contributed by atoms with Crippen molar-refractivity contribution in [3.05, 3.63) is 47.5 Å². The number of ether oxygens (including phenoxy) is 1. The SMILES string of the molecule is CCOc1cc(C=Nn2cnnc2-n2nc(C)cc2C)ccc1O. The maximum absolute atomic E-state index is 9.74. The van der Waals surface area contributed by atoms with Crippen molar-refractivity contribution >= 4 is 6.21 Å². The number of aryl methyl sites for hydroxylation is 2. The first-order chi connectivity index (χ1) is 11.6. The zero-order chi connectivity index (χ0) is 17.1. The molecule has 0 saturated heterocycles. The van der Waals surface area contributed by atoms with Gasteiger partial charge in [0.05, 0.1) is 18.5 Å². The number of rotatable bonds is 5. The van der Waals surface area contributed by atoms with Crippen LogP contribution in [0.4, 0.5) is 0 Å². The molecule has 0 atom stereocenters. The molecule has 8 nitrogen and oxygen atoms in total. The third kappa shape index (κ3) is 3.12. The summed E-state index contributed by atoms with van der Waals surface area (Å²) in [4.78, 5) is 0. The maximum atomic E-state index is 9.74. The molecular weight excluding hydrogens is 308 g/mol. The van der Waals surface area contributed by atoms with E-state index in [4.69, 9.17) is 4.74 Å². The normalized spacial score (nSPS) is 11.3. The van der Waals surface area contributed by atoms with Crippen LogP contribution in [0.3, 0.4) is 0 Å². The molecule has 2 heterocycles. The van der Waals surface area contributed by atoms with Gasteiger partial charge in [0, 0.05) is 5.69 Å². The Morgan fingerprint density at radius 1 is 1.29 bits per heavy atom. The summed E-state index contributed by atoms with van der Waals surface area (Å²) in [5.74, 6) is 1.02. The summed E-state index contributed by atoms with van der Waals surface area (Å²) < 4.78 is 8.59. The van der Waals surface area contributed by atoms with E-state index in [9.17, 15) is 5.11 Å². The average molecular weight is 326 g/mol. The lowest BCUT2D eigenvalue weighted by Gasteiger charge is -2.06. The van der Waals surface area contributed by atoms with Gasteiger partial charge in [-0.05, 0) is 50.6 Å². The molecule has 3 aromatic rings. The molecule has 24 heavy (non-hydrogen) atoms. The smallest absolute Gasteiger partial charge is 0.273 e. The van der Waals surface area contributed by atoms with Gasteiger partial charge >= 0.3 is 0 Å². The average Bonchev–Trinajstić information content (AvgIpc) is 3.14. The fourth-order valence-corrected chi connectivity index (χ4v) is 2.29. The minimum Gasteiger partial charge on any atom is -0.504 e. The van der Waals surface area contributed by atoms with E-state index in [1.807, 2.05) is 26.8 Å². The van der Waals surface area contributed by atoms with Crippen molar-refractivity contribution in [2.75, 3.05) is 6.61 Å². The summed E-state index contributed by atoms with van der Waals surface area (Å²) >= 11 is 0. The number of phenols is 1. The first-order valence-electron chi connectivity index (χ1n) is 7.52. The van der Waals surface area contributed by atoms with Crippen LogP contribution < -0.4 is 4.74 Å². The van der Waals surface area contributed by atoms with Crippen molar-refractivity contribution in [3.8, 4) is 17.4 Å². The lowest BCUT2D eigenvalue weighted by molar-refractivity contribution is 0.318. The first-order valence-corrected chi connectivity index (χ1v) is 7.52. The van der Waals surface area contributed by atoms with Gasteiger partial charge in [0.25, 0.3) is 5.95 Å². The molecule has 0 spiro atoms. The Kier molecular flexibility index (Phi) is 4.28. The molecule has 0 unspecified atom stereocenters. The molecule has 3 rings (SSSR count). The highest BCUT2D eigenvalue weighted by Crippen LogP contribution is 2.26. The molecule has 0 saturated carbocycles. The summed E-state index contributed by atoms with van der Waals surface area (Å²) in [6.07, 6.45) is 3.15. The Labute approximate surface area is 139 Å². The van der Waals surface area contributed by atoms with E-state index < -0.39 is 0 Å². The van der Waals surface area contributed by atoms with E-state index in [2.05, 4.69) is 20.4 Å². The highest BCUT2D eigenvalue weighted by atomic mass is 16.5. The zero-order valence-corrected chi connectivity index (χ0v) is 13.7. The number of hydrogen-bond acceptors (Lipinski definition) is 6. The Bertz CT molecular complexity index is 881. The molecule has 0 amide bonds. The second kappa shape index (κ2) is 6.53. The molecule has 2 aromatic heterocycles. The Balaban J connectivity index is 1.90.